The van der Waals surface area contributed by atoms with Gasteiger partial charge in [-0.3, -0.25) is 14.1 Å². The van der Waals surface area contributed by atoms with Crippen molar-refractivity contribution in [2.45, 2.75) is 18.6 Å². The zero-order chi connectivity index (χ0) is 16.5. The lowest BCUT2D eigenvalue weighted by Crippen LogP contribution is -2.74. The van der Waals surface area contributed by atoms with Gasteiger partial charge in [0.05, 0.1) is 7.11 Å². The van der Waals surface area contributed by atoms with E-state index in [4.69, 9.17) is 4.55 Å². The second-order valence-corrected chi connectivity index (χ2v) is 5.42. The van der Waals surface area contributed by atoms with E-state index in [1.165, 1.54) is 0 Å². The Balaban J connectivity index is 2.11. The molecule has 1 saturated heterocycles. The quantitative estimate of drug-likeness (QED) is 0.310. The van der Waals surface area contributed by atoms with Crippen LogP contribution in [0, 0.1) is 0 Å². The molecular weight excluding hydrogens is 324 g/mol. The van der Waals surface area contributed by atoms with Crippen molar-refractivity contribution < 1.29 is 32.1 Å². The van der Waals surface area contributed by atoms with E-state index in [1.54, 1.807) is 0 Å². The van der Waals surface area contributed by atoms with Crippen molar-refractivity contribution in [1.29, 1.82) is 0 Å². The van der Waals surface area contributed by atoms with Crippen LogP contribution >= 0.6 is 0 Å². The lowest BCUT2D eigenvalue weighted by molar-refractivity contribution is -0.162. The zero-order valence-corrected chi connectivity index (χ0v) is 11.8. The highest BCUT2D eigenvalue weighted by Gasteiger charge is 2.58. The number of carbonyl (C=O) groups excluding carboxylic acids is 3. The molecule has 2 N–H and O–H groups in total. The van der Waals surface area contributed by atoms with E-state index < -0.39 is 40.2 Å². The second kappa shape index (κ2) is 5.64. The minimum absolute atomic E-state index is 0.0686. The number of amides is 2. The van der Waals surface area contributed by atoms with Gasteiger partial charge in [0.1, 0.15) is 18.9 Å². The number of carbonyl (C=O) groups is 3. The van der Waals surface area contributed by atoms with E-state index in [-0.39, 0.29) is 10.8 Å². The number of ether oxygens (including phenoxy) is 1. The number of esters is 1. The molecule has 0 unspecified atom stereocenters. The molecule has 120 valence electrons. The first-order valence-electron chi connectivity index (χ1n) is 5.64. The predicted octanol–water partition coefficient (Wildman–Crippen LogP) is -3.66. The number of rotatable bonds is 5. The van der Waals surface area contributed by atoms with Crippen LogP contribution in [-0.2, 0) is 36.0 Å². The molecule has 2 heterocycles. The number of hydrogen-bond donors (Lipinski definition) is 2. The first-order valence-corrected chi connectivity index (χ1v) is 7.04. The zero-order valence-electron chi connectivity index (χ0n) is 11.0. The molecule has 2 rings (SSSR count). The third-order valence-electron chi connectivity index (χ3n) is 2.76. The Morgan fingerprint density at radius 2 is 2.18 bits per heavy atom. The van der Waals surface area contributed by atoms with E-state index >= 15 is 0 Å². The van der Waals surface area contributed by atoms with Gasteiger partial charge in [-0.25, -0.2) is 9.48 Å². The maximum Gasteiger partial charge on any atom is 0.363 e. The summed E-state index contributed by atoms with van der Waals surface area (Å²) in [6.07, 6.45) is 1.14. The highest BCUT2D eigenvalue weighted by Crippen LogP contribution is 2.24. The summed E-state index contributed by atoms with van der Waals surface area (Å²) in [5, 5.41) is 12.2. The number of methoxy groups -OCH3 is 1. The lowest BCUT2D eigenvalue weighted by atomic mass is 9.99. The standard InChI is InChI=1S/C8H10N6O7S/c1-21-8(17)6-5(7(16)14(6)22(18,19)20)10-4(15)2-13-3-9-11-12-13/h3,5-6H,2H2,1H3,(H,10,15)(H,18,19,20)/t5-,6-/m0/s1. The van der Waals surface area contributed by atoms with Gasteiger partial charge >= 0.3 is 16.3 Å². The molecule has 14 heteroatoms. The summed E-state index contributed by atoms with van der Waals surface area (Å²) in [4.78, 5) is 34.9. The van der Waals surface area contributed by atoms with Crippen molar-refractivity contribution in [3.05, 3.63) is 6.33 Å². The number of β-lactam (4-membered cyclic amide) rings is 1. The van der Waals surface area contributed by atoms with Gasteiger partial charge in [-0.1, -0.05) is 0 Å². The maximum atomic E-state index is 11.7. The molecule has 0 radical (unpaired) electrons. The summed E-state index contributed by atoms with van der Waals surface area (Å²) >= 11 is 0. The van der Waals surface area contributed by atoms with Crippen molar-refractivity contribution in [2.24, 2.45) is 0 Å². The number of nitrogens with one attached hydrogen (secondary N) is 1. The van der Waals surface area contributed by atoms with Crippen molar-refractivity contribution in [2.75, 3.05) is 7.11 Å². The first kappa shape index (κ1) is 15.8. The molecule has 2 atom stereocenters. The molecule has 1 aromatic rings. The van der Waals surface area contributed by atoms with Crippen LogP contribution in [-0.4, -0.2) is 74.5 Å². The Hall–Kier alpha value is -2.61. The Morgan fingerprint density at radius 1 is 1.50 bits per heavy atom. The summed E-state index contributed by atoms with van der Waals surface area (Å²) in [6.45, 7) is -0.351. The fraction of sp³-hybridized carbons (Fsp3) is 0.500. The number of nitrogens with zero attached hydrogens (tertiary/aromatic N) is 5. The Morgan fingerprint density at radius 3 is 2.68 bits per heavy atom. The summed E-state index contributed by atoms with van der Waals surface area (Å²) in [6, 6.07) is -3.15. The van der Waals surface area contributed by atoms with Crippen molar-refractivity contribution in [1.82, 2.24) is 29.8 Å². The van der Waals surface area contributed by atoms with Gasteiger partial charge in [-0.15, -0.1) is 5.10 Å². The predicted molar refractivity (Wildman–Crippen MR) is 63.9 cm³/mol. The molecule has 13 nitrogen and oxygen atoms in total. The third kappa shape index (κ3) is 2.86. The fourth-order valence-corrected chi connectivity index (χ4v) is 2.67. The summed E-state index contributed by atoms with van der Waals surface area (Å²) < 4.78 is 36.3. The van der Waals surface area contributed by atoms with Crippen molar-refractivity contribution >= 4 is 28.1 Å². The number of hydrogen-bond acceptors (Lipinski definition) is 9. The molecule has 1 aliphatic heterocycles. The van der Waals surface area contributed by atoms with E-state index in [1.807, 2.05) is 0 Å². The largest absolute Gasteiger partial charge is 0.467 e. The van der Waals surface area contributed by atoms with Crippen LogP contribution in [0.15, 0.2) is 6.33 Å². The van der Waals surface area contributed by atoms with Gasteiger partial charge in [-0.2, -0.15) is 12.7 Å². The smallest absolute Gasteiger partial charge is 0.363 e. The van der Waals surface area contributed by atoms with Crippen LogP contribution in [0.2, 0.25) is 0 Å². The fourth-order valence-electron chi connectivity index (χ4n) is 1.83. The number of aromatic nitrogens is 4. The van der Waals surface area contributed by atoms with Crippen LogP contribution < -0.4 is 5.32 Å². The molecule has 0 saturated carbocycles. The third-order valence-corrected chi connectivity index (χ3v) is 3.66. The molecule has 1 aromatic heterocycles. The maximum absolute atomic E-state index is 11.7. The molecule has 0 aliphatic carbocycles. The van der Waals surface area contributed by atoms with E-state index in [9.17, 15) is 22.8 Å². The molecule has 0 spiro atoms. The van der Waals surface area contributed by atoms with E-state index in [2.05, 4.69) is 25.6 Å². The Bertz CT molecular complexity index is 701. The van der Waals surface area contributed by atoms with Gasteiger partial charge in [0.25, 0.3) is 5.91 Å². The average molecular weight is 334 g/mol. The van der Waals surface area contributed by atoms with Crippen LogP contribution in [0.4, 0.5) is 0 Å². The monoisotopic (exact) mass is 334 g/mol. The molecule has 22 heavy (non-hydrogen) atoms. The summed E-state index contributed by atoms with van der Waals surface area (Å²) in [5.74, 6) is -3.01. The lowest BCUT2D eigenvalue weighted by Gasteiger charge is -2.41. The summed E-state index contributed by atoms with van der Waals surface area (Å²) in [7, 11) is -3.98. The molecule has 1 fully saturated rings. The van der Waals surface area contributed by atoms with Gasteiger partial charge in [-0.05, 0) is 10.4 Å². The first-order chi connectivity index (χ1) is 10.3. The second-order valence-electron chi connectivity index (χ2n) is 4.13. The molecule has 0 aromatic carbocycles. The van der Waals surface area contributed by atoms with Gasteiger partial charge in [0.2, 0.25) is 5.91 Å². The van der Waals surface area contributed by atoms with Crippen molar-refractivity contribution in [3.63, 3.8) is 0 Å². The normalized spacial score (nSPS) is 21.2. The van der Waals surface area contributed by atoms with Crippen LogP contribution in [0.1, 0.15) is 0 Å². The number of tetrazole rings is 1. The van der Waals surface area contributed by atoms with Crippen LogP contribution in [0.25, 0.3) is 0 Å². The Kier molecular flexibility index (Phi) is 4.05. The molecule has 1 aliphatic rings. The SMILES string of the molecule is COC(=O)[C@@H]1[C@H](NC(=O)Cn2cnnn2)C(=O)N1S(=O)(=O)O. The van der Waals surface area contributed by atoms with Gasteiger partial charge < -0.3 is 10.1 Å². The minimum Gasteiger partial charge on any atom is -0.467 e. The molecule has 0 bridgehead atoms. The molecular formula is C8H10N6O7S. The highest BCUT2D eigenvalue weighted by molar-refractivity contribution is 7.84. The average Bonchev–Trinajstić information content (AvgIpc) is 2.92. The van der Waals surface area contributed by atoms with E-state index in [0.717, 1.165) is 18.1 Å². The summed E-state index contributed by atoms with van der Waals surface area (Å²) in [5.41, 5.74) is 0. The van der Waals surface area contributed by atoms with Crippen LogP contribution in [0.5, 0.6) is 0 Å². The van der Waals surface area contributed by atoms with Crippen molar-refractivity contribution in [3.8, 4) is 0 Å². The minimum atomic E-state index is -4.94. The van der Waals surface area contributed by atoms with Crippen LogP contribution in [0.3, 0.4) is 0 Å². The Labute approximate surface area is 123 Å². The topological polar surface area (TPSA) is 174 Å². The van der Waals surface area contributed by atoms with Gasteiger partial charge in [0, 0.05) is 0 Å². The van der Waals surface area contributed by atoms with E-state index in [0.29, 0.717) is 0 Å². The van der Waals surface area contributed by atoms with Gasteiger partial charge in [0.15, 0.2) is 6.04 Å². The molecule has 2 amide bonds. The highest BCUT2D eigenvalue weighted by atomic mass is 32.2.